The SMILES string of the molecule is O=C1CC([S+]([O-])c2cc(Cl)cc(Cl)c2)CCCN1. The molecule has 3 nitrogen and oxygen atoms in total. The highest BCUT2D eigenvalue weighted by Crippen LogP contribution is 2.28. The van der Waals surface area contributed by atoms with E-state index in [1.165, 1.54) is 0 Å². The van der Waals surface area contributed by atoms with E-state index in [0.29, 0.717) is 21.5 Å². The predicted octanol–water partition coefficient (Wildman–Crippen LogP) is 2.77. The molecule has 0 aromatic heterocycles. The number of rotatable bonds is 2. The van der Waals surface area contributed by atoms with E-state index in [2.05, 4.69) is 5.32 Å². The van der Waals surface area contributed by atoms with Gasteiger partial charge in [-0.3, -0.25) is 4.79 Å². The third-order valence-electron chi connectivity index (χ3n) is 2.81. The van der Waals surface area contributed by atoms with Crippen molar-refractivity contribution in [3.8, 4) is 0 Å². The quantitative estimate of drug-likeness (QED) is 0.854. The summed E-state index contributed by atoms with van der Waals surface area (Å²) >= 11 is 10.5. The average Bonchev–Trinajstić information content (AvgIpc) is 2.51. The van der Waals surface area contributed by atoms with E-state index >= 15 is 0 Å². The van der Waals surface area contributed by atoms with Gasteiger partial charge in [-0.25, -0.2) is 0 Å². The molecule has 0 bridgehead atoms. The molecule has 98 valence electrons. The van der Waals surface area contributed by atoms with Crippen LogP contribution in [0.4, 0.5) is 0 Å². The van der Waals surface area contributed by atoms with Crippen LogP contribution < -0.4 is 5.32 Å². The average molecular weight is 306 g/mol. The highest BCUT2D eigenvalue weighted by molar-refractivity contribution is 7.92. The molecule has 2 atom stereocenters. The van der Waals surface area contributed by atoms with E-state index in [1.54, 1.807) is 18.2 Å². The van der Waals surface area contributed by atoms with Gasteiger partial charge in [-0.05, 0) is 30.1 Å². The molecule has 0 saturated carbocycles. The lowest BCUT2D eigenvalue weighted by Crippen LogP contribution is -2.27. The van der Waals surface area contributed by atoms with Gasteiger partial charge in [0.05, 0.1) is 6.42 Å². The van der Waals surface area contributed by atoms with Crippen molar-refractivity contribution >= 4 is 40.3 Å². The zero-order valence-electron chi connectivity index (χ0n) is 9.62. The Morgan fingerprint density at radius 2 is 1.94 bits per heavy atom. The summed E-state index contributed by atoms with van der Waals surface area (Å²) in [5.41, 5.74) is 0. The van der Waals surface area contributed by atoms with Crippen LogP contribution in [-0.4, -0.2) is 22.3 Å². The van der Waals surface area contributed by atoms with Crippen molar-refractivity contribution in [2.75, 3.05) is 6.54 Å². The highest BCUT2D eigenvalue weighted by Gasteiger charge is 2.29. The minimum Gasteiger partial charge on any atom is -0.611 e. The molecule has 1 aliphatic rings. The summed E-state index contributed by atoms with van der Waals surface area (Å²) in [7, 11) is 0. The van der Waals surface area contributed by atoms with Gasteiger partial charge in [0.25, 0.3) is 0 Å². The number of benzene rings is 1. The first kappa shape index (κ1) is 14.0. The van der Waals surface area contributed by atoms with Crippen LogP contribution in [0, 0.1) is 0 Å². The van der Waals surface area contributed by atoms with Crippen molar-refractivity contribution in [1.82, 2.24) is 5.32 Å². The lowest BCUT2D eigenvalue weighted by atomic mass is 10.2. The first-order chi connectivity index (χ1) is 8.56. The van der Waals surface area contributed by atoms with Gasteiger partial charge in [0.2, 0.25) is 5.91 Å². The lowest BCUT2D eigenvalue weighted by molar-refractivity contribution is -0.120. The highest BCUT2D eigenvalue weighted by atomic mass is 35.5. The maximum Gasteiger partial charge on any atom is 0.225 e. The Kier molecular flexibility index (Phi) is 4.78. The Bertz CT molecular complexity index is 435. The molecule has 1 heterocycles. The van der Waals surface area contributed by atoms with Crippen molar-refractivity contribution in [2.45, 2.75) is 29.4 Å². The molecule has 1 amide bonds. The van der Waals surface area contributed by atoms with Crippen LogP contribution in [0.2, 0.25) is 10.0 Å². The second kappa shape index (κ2) is 6.15. The molecule has 6 heteroatoms. The first-order valence-electron chi connectivity index (χ1n) is 5.69. The molecule has 1 aromatic rings. The summed E-state index contributed by atoms with van der Waals surface area (Å²) in [6, 6.07) is 4.89. The van der Waals surface area contributed by atoms with Crippen LogP contribution in [0.5, 0.6) is 0 Å². The zero-order valence-corrected chi connectivity index (χ0v) is 11.9. The van der Waals surface area contributed by atoms with E-state index < -0.39 is 11.2 Å². The molecule has 0 radical (unpaired) electrons. The molecule has 0 spiro atoms. The minimum absolute atomic E-state index is 0.0426. The van der Waals surface area contributed by atoms with Crippen molar-refractivity contribution < 1.29 is 9.35 Å². The van der Waals surface area contributed by atoms with Crippen LogP contribution in [0.15, 0.2) is 23.1 Å². The first-order valence-corrected chi connectivity index (χ1v) is 7.66. The summed E-state index contributed by atoms with van der Waals surface area (Å²) in [5, 5.41) is 3.54. The van der Waals surface area contributed by atoms with E-state index in [4.69, 9.17) is 23.2 Å². The second-order valence-corrected chi connectivity index (χ2v) is 6.83. The van der Waals surface area contributed by atoms with Crippen LogP contribution >= 0.6 is 23.2 Å². The van der Waals surface area contributed by atoms with Crippen molar-refractivity contribution in [2.24, 2.45) is 0 Å². The molecule has 1 fully saturated rings. The monoisotopic (exact) mass is 305 g/mol. The van der Waals surface area contributed by atoms with Crippen LogP contribution in [-0.2, 0) is 16.0 Å². The molecule has 0 aliphatic carbocycles. The maximum atomic E-state index is 12.4. The van der Waals surface area contributed by atoms with Gasteiger partial charge in [0.1, 0.15) is 5.25 Å². The molecule has 2 rings (SSSR count). The van der Waals surface area contributed by atoms with E-state index in [0.717, 1.165) is 12.8 Å². The Morgan fingerprint density at radius 3 is 2.61 bits per heavy atom. The predicted molar refractivity (Wildman–Crippen MR) is 73.5 cm³/mol. The van der Waals surface area contributed by atoms with E-state index in [1.807, 2.05) is 0 Å². The zero-order chi connectivity index (χ0) is 13.1. The number of hydrogen-bond donors (Lipinski definition) is 1. The van der Waals surface area contributed by atoms with Gasteiger partial charge in [-0.2, -0.15) is 0 Å². The molecular formula is C12H13Cl2NO2S. The van der Waals surface area contributed by atoms with Gasteiger partial charge in [0.15, 0.2) is 4.90 Å². The number of halogens is 2. The summed E-state index contributed by atoms with van der Waals surface area (Å²) in [4.78, 5) is 12.1. The fraction of sp³-hybridized carbons (Fsp3) is 0.417. The largest absolute Gasteiger partial charge is 0.611 e. The van der Waals surface area contributed by atoms with E-state index in [9.17, 15) is 9.35 Å². The topological polar surface area (TPSA) is 52.2 Å². The van der Waals surface area contributed by atoms with Crippen molar-refractivity contribution in [3.63, 3.8) is 0 Å². The number of amides is 1. The standard InChI is InChI=1S/C12H13Cl2NO2S/c13-8-4-9(14)6-11(5-8)18(17)10-2-1-3-15-12(16)7-10/h4-6,10H,1-3,7H2,(H,15,16). The Balaban J connectivity index is 2.18. The van der Waals surface area contributed by atoms with E-state index in [-0.39, 0.29) is 17.6 Å². The Labute approximate surface area is 119 Å². The van der Waals surface area contributed by atoms with Crippen LogP contribution in [0.3, 0.4) is 0 Å². The molecule has 1 aromatic carbocycles. The number of carbonyl (C=O) groups is 1. The van der Waals surface area contributed by atoms with Gasteiger partial charge >= 0.3 is 0 Å². The smallest absolute Gasteiger partial charge is 0.225 e. The van der Waals surface area contributed by atoms with Gasteiger partial charge in [0, 0.05) is 28.7 Å². The minimum atomic E-state index is -1.25. The Morgan fingerprint density at radius 1 is 1.28 bits per heavy atom. The summed E-state index contributed by atoms with van der Waals surface area (Å²) in [6.45, 7) is 0.656. The van der Waals surface area contributed by atoms with Crippen molar-refractivity contribution in [3.05, 3.63) is 28.2 Å². The normalized spacial score (nSPS) is 22.2. The molecule has 18 heavy (non-hydrogen) atoms. The van der Waals surface area contributed by atoms with Gasteiger partial charge in [-0.15, -0.1) is 0 Å². The second-order valence-electron chi connectivity index (χ2n) is 4.22. The third-order valence-corrected chi connectivity index (χ3v) is 4.95. The molecule has 1 aliphatic heterocycles. The molecule has 2 unspecified atom stereocenters. The number of hydrogen-bond acceptors (Lipinski definition) is 2. The third kappa shape index (κ3) is 3.54. The summed E-state index contributed by atoms with van der Waals surface area (Å²) < 4.78 is 12.4. The fourth-order valence-corrected chi connectivity index (χ4v) is 4.17. The van der Waals surface area contributed by atoms with Crippen molar-refractivity contribution in [1.29, 1.82) is 0 Å². The molecule has 1 saturated heterocycles. The van der Waals surface area contributed by atoms with Crippen LogP contribution in [0.1, 0.15) is 19.3 Å². The van der Waals surface area contributed by atoms with Crippen LogP contribution in [0.25, 0.3) is 0 Å². The van der Waals surface area contributed by atoms with Gasteiger partial charge < -0.3 is 9.87 Å². The Hall–Kier alpha value is -0.420. The molecular weight excluding hydrogens is 293 g/mol. The molecule has 1 N–H and O–H groups in total. The number of carbonyl (C=O) groups excluding carboxylic acids is 1. The summed E-state index contributed by atoms with van der Waals surface area (Å²) in [5.74, 6) is -0.0426. The fourth-order valence-electron chi connectivity index (χ4n) is 1.96. The maximum absolute atomic E-state index is 12.4. The lowest BCUT2D eigenvalue weighted by Gasteiger charge is -2.19. The van der Waals surface area contributed by atoms with Gasteiger partial charge in [-0.1, -0.05) is 23.2 Å². The number of nitrogens with one attached hydrogen (secondary N) is 1. The summed E-state index contributed by atoms with van der Waals surface area (Å²) in [6.07, 6.45) is 1.89.